The van der Waals surface area contributed by atoms with Crippen LogP contribution in [0.2, 0.25) is 5.02 Å². The van der Waals surface area contributed by atoms with Crippen LogP contribution >= 0.6 is 11.6 Å². The molecule has 0 radical (unpaired) electrons. The van der Waals surface area contributed by atoms with Crippen LogP contribution in [0.15, 0.2) is 24.3 Å². The number of carbonyl (C=O) groups excluding carboxylic acids is 2. The second-order valence-corrected chi connectivity index (χ2v) is 6.67. The Hall–Kier alpha value is -1.75. The molecule has 2 heterocycles. The first-order chi connectivity index (χ1) is 11.1. The highest BCUT2D eigenvalue weighted by Gasteiger charge is 2.32. The standard InChI is InChI=1S/C17H22ClN3O2/c18-13-5-7-15(8-6-13)21-12-14(11-16(21)22)19-17(23)20-9-3-1-2-4-10-20/h5-8,14H,1-4,9-12H2,(H,19,23)/t14-/m1/s1. The third kappa shape index (κ3) is 3.96. The molecule has 1 aromatic rings. The Morgan fingerprint density at radius 1 is 1.09 bits per heavy atom. The molecule has 1 N–H and O–H groups in total. The molecule has 2 aliphatic rings. The van der Waals surface area contributed by atoms with Crippen LogP contribution < -0.4 is 10.2 Å². The summed E-state index contributed by atoms with van der Waals surface area (Å²) in [4.78, 5) is 28.2. The van der Waals surface area contributed by atoms with Gasteiger partial charge in [0.1, 0.15) is 0 Å². The lowest BCUT2D eigenvalue weighted by Crippen LogP contribution is -2.46. The Kier molecular flexibility index (Phi) is 5.06. The highest BCUT2D eigenvalue weighted by atomic mass is 35.5. The normalized spacial score (nSPS) is 22.1. The van der Waals surface area contributed by atoms with Crippen LogP contribution in [0.1, 0.15) is 32.1 Å². The first-order valence-electron chi connectivity index (χ1n) is 8.25. The third-order valence-electron chi connectivity index (χ3n) is 4.48. The third-order valence-corrected chi connectivity index (χ3v) is 4.74. The van der Waals surface area contributed by atoms with Crippen LogP contribution in [-0.4, -0.2) is 42.5 Å². The minimum atomic E-state index is -0.131. The number of hydrogen-bond donors (Lipinski definition) is 1. The van der Waals surface area contributed by atoms with Crippen LogP contribution in [0.5, 0.6) is 0 Å². The average molecular weight is 336 g/mol. The molecule has 2 saturated heterocycles. The van der Waals surface area contributed by atoms with Crippen molar-refractivity contribution in [3.8, 4) is 0 Å². The number of benzene rings is 1. The fourth-order valence-electron chi connectivity index (χ4n) is 3.21. The molecule has 0 aliphatic carbocycles. The second-order valence-electron chi connectivity index (χ2n) is 6.23. The summed E-state index contributed by atoms with van der Waals surface area (Å²) >= 11 is 5.89. The zero-order valence-electron chi connectivity index (χ0n) is 13.1. The number of nitrogens with zero attached hydrogens (tertiary/aromatic N) is 2. The summed E-state index contributed by atoms with van der Waals surface area (Å²) < 4.78 is 0. The lowest BCUT2D eigenvalue weighted by Gasteiger charge is -2.23. The van der Waals surface area contributed by atoms with E-state index in [1.807, 2.05) is 17.0 Å². The van der Waals surface area contributed by atoms with Crippen molar-refractivity contribution in [1.29, 1.82) is 0 Å². The van der Waals surface area contributed by atoms with E-state index in [2.05, 4.69) is 5.32 Å². The fraction of sp³-hybridized carbons (Fsp3) is 0.529. The molecule has 6 heteroatoms. The Morgan fingerprint density at radius 3 is 2.39 bits per heavy atom. The first kappa shape index (κ1) is 16.1. The molecule has 2 aliphatic heterocycles. The van der Waals surface area contributed by atoms with Gasteiger partial charge in [0, 0.05) is 36.8 Å². The van der Waals surface area contributed by atoms with E-state index in [0.717, 1.165) is 31.6 Å². The van der Waals surface area contributed by atoms with Gasteiger partial charge in [-0.25, -0.2) is 4.79 Å². The Labute approximate surface area is 141 Å². The predicted molar refractivity (Wildman–Crippen MR) is 90.8 cm³/mol. The van der Waals surface area contributed by atoms with E-state index in [4.69, 9.17) is 11.6 Å². The van der Waals surface area contributed by atoms with Gasteiger partial charge in [0.2, 0.25) is 5.91 Å². The summed E-state index contributed by atoms with van der Waals surface area (Å²) in [7, 11) is 0. The number of nitrogens with one attached hydrogen (secondary N) is 1. The van der Waals surface area contributed by atoms with E-state index in [-0.39, 0.29) is 18.0 Å². The number of anilines is 1. The number of rotatable bonds is 2. The monoisotopic (exact) mass is 335 g/mol. The summed E-state index contributed by atoms with van der Waals surface area (Å²) in [5, 5.41) is 3.66. The van der Waals surface area contributed by atoms with Gasteiger partial charge in [-0.1, -0.05) is 24.4 Å². The zero-order chi connectivity index (χ0) is 16.2. The topological polar surface area (TPSA) is 52.7 Å². The van der Waals surface area contributed by atoms with Gasteiger partial charge >= 0.3 is 6.03 Å². The Morgan fingerprint density at radius 2 is 1.74 bits per heavy atom. The van der Waals surface area contributed by atoms with Crippen molar-refractivity contribution in [3.63, 3.8) is 0 Å². The zero-order valence-corrected chi connectivity index (χ0v) is 13.9. The second kappa shape index (κ2) is 7.21. The van der Waals surface area contributed by atoms with Crippen LogP contribution in [-0.2, 0) is 4.79 Å². The van der Waals surface area contributed by atoms with Crippen LogP contribution in [0.25, 0.3) is 0 Å². The number of halogens is 1. The van der Waals surface area contributed by atoms with Gasteiger partial charge in [0.25, 0.3) is 0 Å². The molecular weight excluding hydrogens is 314 g/mol. The number of hydrogen-bond acceptors (Lipinski definition) is 2. The molecule has 3 rings (SSSR count). The quantitative estimate of drug-likeness (QED) is 0.903. The molecule has 0 saturated carbocycles. The maximum absolute atomic E-state index is 12.4. The van der Waals surface area contributed by atoms with Gasteiger partial charge in [-0.15, -0.1) is 0 Å². The lowest BCUT2D eigenvalue weighted by atomic mass is 10.2. The molecule has 2 fully saturated rings. The van der Waals surface area contributed by atoms with Crippen molar-refractivity contribution in [2.24, 2.45) is 0 Å². The van der Waals surface area contributed by atoms with Gasteiger partial charge in [0.15, 0.2) is 0 Å². The van der Waals surface area contributed by atoms with E-state index in [1.54, 1.807) is 17.0 Å². The highest BCUT2D eigenvalue weighted by Crippen LogP contribution is 2.23. The minimum Gasteiger partial charge on any atom is -0.333 e. The largest absolute Gasteiger partial charge is 0.333 e. The summed E-state index contributed by atoms with van der Waals surface area (Å²) in [6.45, 7) is 2.14. The average Bonchev–Trinajstić information content (AvgIpc) is 2.76. The predicted octanol–water partition coefficient (Wildman–Crippen LogP) is 3.03. The van der Waals surface area contributed by atoms with E-state index < -0.39 is 0 Å². The van der Waals surface area contributed by atoms with Gasteiger partial charge in [-0.2, -0.15) is 0 Å². The Bertz CT molecular complexity index is 568. The maximum Gasteiger partial charge on any atom is 0.317 e. The number of urea groups is 1. The molecule has 3 amide bonds. The van der Waals surface area contributed by atoms with Crippen molar-refractivity contribution in [2.75, 3.05) is 24.5 Å². The molecule has 0 unspecified atom stereocenters. The minimum absolute atomic E-state index is 0.0356. The summed E-state index contributed by atoms with van der Waals surface area (Å²) in [5.74, 6) is 0.0356. The van der Waals surface area contributed by atoms with E-state index in [0.29, 0.717) is 18.0 Å². The van der Waals surface area contributed by atoms with E-state index in [9.17, 15) is 9.59 Å². The lowest BCUT2D eigenvalue weighted by molar-refractivity contribution is -0.117. The molecule has 1 atom stereocenters. The molecule has 5 nitrogen and oxygen atoms in total. The van der Waals surface area contributed by atoms with Crippen molar-refractivity contribution >= 4 is 29.2 Å². The molecule has 1 aromatic carbocycles. The molecule has 124 valence electrons. The SMILES string of the molecule is O=C(N[C@@H]1CC(=O)N(c2ccc(Cl)cc2)C1)N1CCCCCC1. The summed E-state index contributed by atoms with van der Waals surface area (Å²) in [5.41, 5.74) is 0.825. The number of carbonyl (C=O) groups is 2. The smallest absolute Gasteiger partial charge is 0.317 e. The number of likely N-dealkylation sites (tertiary alicyclic amines) is 1. The van der Waals surface area contributed by atoms with Gasteiger partial charge < -0.3 is 15.1 Å². The highest BCUT2D eigenvalue weighted by molar-refractivity contribution is 6.30. The maximum atomic E-state index is 12.4. The van der Waals surface area contributed by atoms with Gasteiger partial charge in [0.05, 0.1) is 6.04 Å². The van der Waals surface area contributed by atoms with Crippen LogP contribution in [0, 0.1) is 0 Å². The molecular formula is C17H22ClN3O2. The Balaban J connectivity index is 1.58. The van der Waals surface area contributed by atoms with Crippen molar-refractivity contribution < 1.29 is 9.59 Å². The van der Waals surface area contributed by atoms with Crippen molar-refractivity contribution in [2.45, 2.75) is 38.1 Å². The first-order valence-corrected chi connectivity index (χ1v) is 8.62. The van der Waals surface area contributed by atoms with Crippen LogP contribution in [0.3, 0.4) is 0 Å². The van der Waals surface area contributed by atoms with Crippen LogP contribution in [0.4, 0.5) is 10.5 Å². The summed E-state index contributed by atoms with van der Waals surface area (Å²) in [6, 6.07) is 7.04. The molecule has 0 aromatic heterocycles. The van der Waals surface area contributed by atoms with Crippen molar-refractivity contribution in [3.05, 3.63) is 29.3 Å². The van der Waals surface area contributed by atoms with Gasteiger partial charge in [-0.3, -0.25) is 4.79 Å². The van der Waals surface area contributed by atoms with E-state index in [1.165, 1.54) is 12.8 Å². The van der Waals surface area contributed by atoms with Gasteiger partial charge in [-0.05, 0) is 37.1 Å². The fourth-order valence-corrected chi connectivity index (χ4v) is 3.34. The summed E-state index contributed by atoms with van der Waals surface area (Å²) in [6.07, 6.45) is 4.86. The molecule has 23 heavy (non-hydrogen) atoms. The number of amides is 3. The molecule has 0 bridgehead atoms. The molecule has 0 spiro atoms. The van der Waals surface area contributed by atoms with Crippen molar-refractivity contribution in [1.82, 2.24) is 10.2 Å². The van der Waals surface area contributed by atoms with E-state index >= 15 is 0 Å².